The van der Waals surface area contributed by atoms with Crippen LogP contribution in [0, 0.1) is 16.0 Å². The molecule has 0 radical (unpaired) electrons. The van der Waals surface area contributed by atoms with Crippen LogP contribution in [0.15, 0.2) is 48.5 Å². The molecule has 1 atom stereocenters. The first kappa shape index (κ1) is 19.4. The van der Waals surface area contributed by atoms with Gasteiger partial charge >= 0.3 is 0 Å². The van der Waals surface area contributed by atoms with Crippen LogP contribution in [0.2, 0.25) is 0 Å². The Hall–Kier alpha value is -2.89. The van der Waals surface area contributed by atoms with Gasteiger partial charge in [-0.05, 0) is 49.1 Å². The van der Waals surface area contributed by atoms with E-state index in [1.54, 1.807) is 31.4 Å². The molecule has 1 aliphatic rings. The highest BCUT2D eigenvalue weighted by Crippen LogP contribution is 2.24. The highest BCUT2D eigenvalue weighted by Gasteiger charge is 2.22. The number of carbonyl (C=O) groups is 1. The zero-order valence-electron chi connectivity index (χ0n) is 14.9. The molecular weight excluding hydrogens is 332 g/mol. The molecule has 0 aromatic heterocycles. The molecule has 2 aromatic rings. The first-order valence-corrected chi connectivity index (χ1v) is 8.65. The number of nitro groups is 1. The van der Waals surface area contributed by atoms with Crippen LogP contribution in [0.3, 0.4) is 0 Å². The topological polar surface area (TPSA) is 95.5 Å². The molecule has 138 valence electrons. The zero-order valence-corrected chi connectivity index (χ0v) is 14.9. The van der Waals surface area contributed by atoms with E-state index in [1.807, 2.05) is 12.1 Å². The van der Waals surface area contributed by atoms with Crippen molar-refractivity contribution in [2.45, 2.75) is 32.1 Å². The summed E-state index contributed by atoms with van der Waals surface area (Å²) in [5.74, 6) is 1.30. The minimum atomic E-state index is -0.407. The van der Waals surface area contributed by atoms with E-state index < -0.39 is 4.92 Å². The normalized spacial score (nSPS) is 16.3. The zero-order chi connectivity index (χ0) is 18.9. The quantitative estimate of drug-likeness (QED) is 0.504. The molecular formula is C20H24N2O4. The third-order valence-electron chi connectivity index (χ3n) is 4.43. The van der Waals surface area contributed by atoms with Crippen molar-refractivity contribution in [1.29, 1.82) is 0 Å². The number of nitro benzene ring substituents is 1. The second-order valence-electron chi connectivity index (χ2n) is 6.31. The lowest BCUT2D eigenvalue weighted by atomic mass is 9.84. The van der Waals surface area contributed by atoms with E-state index in [0.29, 0.717) is 12.2 Å². The molecule has 0 aliphatic heterocycles. The van der Waals surface area contributed by atoms with Crippen molar-refractivity contribution in [3.8, 4) is 5.75 Å². The Balaban J connectivity index is 0.000000228. The maximum absolute atomic E-state index is 11.7. The number of Topliss-reactive ketones (excluding diaryl/α,β-unsaturated/α-hetero) is 1. The summed E-state index contributed by atoms with van der Waals surface area (Å²) in [5.41, 5.74) is 7.30. The van der Waals surface area contributed by atoms with E-state index >= 15 is 0 Å². The minimum Gasteiger partial charge on any atom is -0.497 e. The lowest BCUT2D eigenvalue weighted by Gasteiger charge is -2.20. The van der Waals surface area contributed by atoms with Gasteiger partial charge in [0.15, 0.2) is 0 Å². The fourth-order valence-electron chi connectivity index (χ4n) is 2.91. The summed E-state index contributed by atoms with van der Waals surface area (Å²) in [6.45, 7) is 0. The molecule has 0 heterocycles. The van der Waals surface area contributed by atoms with Gasteiger partial charge in [0.1, 0.15) is 11.5 Å². The Morgan fingerprint density at radius 1 is 1.12 bits per heavy atom. The monoisotopic (exact) mass is 356 g/mol. The Bertz CT molecular complexity index is 726. The number of nitrogen functional groups attached to an aromatic ring is 1. The number of ether oxygens (including phenoxy) is 1. The maximum atomic E-state index is 11.7. The molecule has 2 aromatic carbocycles. The third-order valence-corrected chi connectivity index (χ3v) is 4.43. The Morgan fingerprint density at radius 3 is 2.31 bits per heavy atom. The minimum absolute atomic E-state index is 0.101. The fraction of sp³-hybridized carbons (Fsp3) is 0.350. The van der Waals surface area contributed by atoms with Gasteiger partial charge in [0, 0.05) is 30.2 Å². The van der Waals surface area contributed by atoms with Crippen molar-refractivity contribution in [3.63, 3.8) is 0 Å². The van der Waals surface area contributed by atoms with Crippen LogP contribution in [0.5, 0.6) is 5.75 Å². The Kier molecular flexibility index (Phi) is 7.14. The van der Waals surface area contributed by atoms with Crippen LogP contribution >= 0.6 is 0 Å². The molecule has 6 nitrogen and oxygen atoms in total. The lowest BCUT2D eigenvalue weighted by Crippen LogP contribution is -2.20. The molecule has 1 unspecified atom stereocenters. The lowest BCUT2D eigenvalue weighted by molar-refractivity contribution is -0.384. The number of nitrogens with zero attached hydrogens (tertiary/aromatic N) is 1. The van der Waals surface area contributed by atoms with Gasteiger partial charge in [0.05, 0.1) is 12.0 Å². The molecule has 1 aliphatic carbocycles. The van der Waals surface area contributed by atoms with Crippen LogP contribution in [0.1, 0.15) is 31.2 Å². The van der Waals surface area contributed by atoms with E-state index in [0.717, 1.165) is 42.7 Å². The maximum Gasteiger partial charge on any atom is 0.269 e. The Morgan fingerprint density at radius 2 is 1.77 bits per heavy atom. The van der Waals surface area contributed by atoms with Gasteiger partial charge in [-0.15, -0.1) is 0 Å². The smallest absolute Gasteiger partial charge is 0.269 e. The van der Waals surface area contributed by atoms with Crippen molar-refractivity contribution >= 4 is 17.2 Å². The number of hydrogen-bond donors (Lipinski definition) is 1. The second kappa shape index (κ2) is 9.56. The number of anilines is 1. The van der Waals surface area contributed by atoms with Gasteiger partial charge in [-0.1, -0.05) is 18.6 Å². The molecule has 0 spiro atoms. The van der Waals surface area contributed by atoms with E-state index in [4.69, 9.17) is 10.5 Å². The van der Waals surface area contributed by atoms with Gasteiger partial charge in [0.2, 0.25) is 0 Å². The van der Waals surface area contributed by atoms with E-state index in [9.17, 15) is 14.9 Å². The standard InChI is InChI=1S/C13H15NO3.C7H9NO/c15-13-4-2-1-3-11(13)9-10-5-7-12(8-6-10)14(16)17;1-9-7-4-2-6(8)3-5-7/h5-8,11H,1-4,9H2;2-5H,8H2,1H3. The SMILES string of the molecule is COc1ccc(N)cc1.O=C1CCCCC1Cc1ccc([N+](=O)[O-])cc1. The number of benzene rings is 2. The van der Waals surface area contributed by atoms with Crippen molar-refractivity contribution in [3.05, 3.63) is 64.2 Å². The van der Waals surface area contributed by atoms with E-state index in [-0.39, 0.29) is 11.6 Å². The van der Waals surface area contributed by atoms with Crippen molar-refractivity contribution < 1.29 is 14.5 Å². The molecule has 6 heteroatoms. The van der Waals surface area contributed by atoms with Crippen molar-refractivity contribution in [2.24, 2.45) is 5.92 Å². The average Bonchev–Trinajstić information content (AvgIpc) is 2.65. The third kappa shape index (κ3) is 5.88. The van der Waals surface area contributed by atoms with Crippen LogP contribution in [0.25, 0.3) is 0 Å². The predicted molar refractivity (Wildman–Crippen MR) is 101 cm³/mol. The summed E-state index contributed by atoms with van der Waals surface area (Å²) in [5, 5.41) is 10.5. The highest BCUT2D eigenvalue weighted by molar-refractivity contribution is 5.81. The average molecular weight is 356 g/mol. The summed E-state index contributed by atoms with van der Waals surface area (Å²) in [4.78, 5) is 21.8. The number of methoxy groups -OCH3 is 1. The highest BCUT2D eigenvalue weighted by atomic mass is 16.6. The number of rotatable bonds is 4. The number of ketones is 1. The molecule has 1 saturated carbocycles. The van der Waals surface area contributed by atoms with E-state index in [1.165, 1.54) is 12.1 Å². The summed E-state index contributed by atoms with van der Waals surface area (Å²) < 4.78 is 4.91. The molecule has 0 saturated heterocycles. The van der Waals surface area contributed by atoms with Gasteiger partial charge in [-0.25, -0.2) is 0 Å². The van der Waals surface area contributed by atoms with Gasteiger partial charge in [-0.3, -0.25) is 14.9 Å². The second-order valence-corrected chi connectivity index (χ2v) is 6.31. The predicted octanol–water partition coefficient (Wildman–Crippen LogP) is 4.17. The number of hydrogen-bond acceptors (Lipinski definition) is 5. The fourth-order valence-corrected chi connectivity index (χ4v) is 2.91. The van der Waals surface area contributed by atoms with Crippen LogP contribution in [-0.4, -0.2) is 17.8 Å². The summed E-state index contributed by atoms with van der Waals surface area (Å²) in [6, 6.07) is 13.8. The van der Waals surface area contributed by atoms with Gasteiger partial charge in [0.25, 0.3) is 5.69 Å². The first-order chi connectivity index (χ1) is 12.5. The van der Waals surface area contributed by atoms with E-state index in [2.05, 4.69) is 0 Å². The molecule has 3 rings (SSSR count). The summed E-state index contributed by atoms with van der Waals surface area (Å²) in [7, 11) is 1.63. The molecule has 0 amide bonds. The number of nitrogens with two attached hydrogens (primary N) is 1. The van der Waals surface area contributed by atoms with Gasteiger partial charge < -0.3 is 10.5 Å². The van der Waals surface area contributed by atoms with Crippen molar-refractivity contribution in [2.75, 3.05) is 12.8 Å². The number of carbonyl (C=O) groups excluding carboxylic acids is 1. The molecule has 26 heavy (non-hydrogen) atoms. The van der Waals surface area contributed by atoms with Crippen molar-refractivity contribution in [1.82, 2.24) is 0 Å². The molecule has 0 bridgehead atoms. The van der Waals surface area contributed by atoms with Crippen LogP contribution < -0.4 is 10.5 Å². The Labute approximate surface area is 153 Å². The summed E-state index contributed by atoms with van der Waals surface area (Å²) in [6.07, 6.45) is 4.49. The first-order valence-electron chi connectivity index (χ1n) is 8.65. The summed E-state index contributed by atoms with van der Waals surface area (Å²) >= 11 is 0. The van der Waals surface area contributed by atoms with Gasteiger partial charge in [-0.2, -0.15) is 0 Å². The number of non-ortho nitro benzene ring substituents is 1. The molecule has 1 fully saturated rings. The van der Waals surface area contributed by atoms with Crippen LogP contribution in [-0.2, 0) is 11.2 Å². The van der Waals surface area contributed by atoms with Crippen LogP contribution in [0.4, 0.5) is 11.4 Å². The largest absolute Gasteiger partial charge is 0.497 e. The molecule has 2 N–H and O–H groups in total.